The van der Waals surface area contributed by atoms with Crippen LogP contribution in [0.3, 0.4) is 0 Å². The maximum Gasteiger partial charge on any atom is 0.178 e. The van der Waals surface area contributed by atoms with Gasteiger partial charge in [0.05, 0.1) is 11.6 Å². The van der Waals surface area contributed by atoms with Gasteiger partial charge < -0.3 is 0 Å². The van der Waals surface area contributed by atoms with E-state index < -0.39 is 0 Å². The number of hydrogen-bond acceptors (Lipinski definition) is 2. The van der Waals surface area contributed by atoms with Gasteiger partial charge in [-0.3, -0.25) is 9.69 Å². The Bertz CT molecular complexity index is 638. The fraction of sp³-hybridized carbons (Fsp3) is 0.235. The first-order valence-corrected chi connectivity index (χ1v) is 7.19. The number of fused-ring (bicyclic) bond motifs is 1. The van der Waals surface area contributed by atoms with Crippen LogP contribution >= 0.6 is 11.6 Å². The molecule has 102 valence electrons. The summed E-state index contributed by atoms with van der Waals surface area (Å²) < 4.78 is 0. The predicted molar refractivity (Wildman–Crippen MR) is 81.2 cm³/mol. The van der Waals surface area contributed by atoms with Gasteiger partial charge >= 0.3 is 0 Å². The van der Waals surface area contributed by atoms with Gasteiger partial charge in [-0.15, -0.1) is 0 Å². The third kappa shape index (κ3) is 2.77. The normalized spacial score (nSPS) is 14.8. The second-order valence-corrected chi connectivity index (χ2v) is 5.54. The summed E-state index contributed by atoms with van der Waals surface area (Å²) in [5, 5.41) is 0.537. The molecule has 3 heteroatoms. The molecule has 2 aromatic carbocycles. The van der Waals surface area contributed by atoms with Crippen LogP contribution in [0.2, 0.25) is 5.02 Å². The highest BCUT2D eigenvalue weighted by atomic mass is 35.5. The molecular formula is C17H16ClNO. The smallest absolute Gasteiger partial charge is 0.178 e. The molecule has 1 aliphatic heterocycles. The molecule has 2 aromatic rings. The van der Waals surface area contributed by atoms with E-state index in [1.54, 1.807) is 12.1 Å². The Morgan fingerprint density at radius 1 is 1.05 bits per heavy atom. The Kier molecular flexibility index (Phi) is 3.86. The molecule has 0 aromatic heterocycles. The number of rotatable bonds is 3. The van der Waals surface area contributed by atoms with Crippen LogP contribution in [0.5, 0.6) is 0 Å². The van der Waals surface area contributed by atoms with Crippen LogP contribution in [0.25, 0.3) is 0 Å². The summed E-state index contributed by atoms with van der Waals surface area (Å²) in [5.41, 5.74) is 3.34. The summed E-state index contributed by atoms with van der Waals surface area (Å²) >= 11 is 6.08. The van der Waals surface area contributed by atoms with Crippen molar-refractivity contribution in [1.82, 2.24) is 4.90 Å². The summed E-state index contributed by atoms with van der Waals surface area (Å²) in [5.74, 6) is 0.0926. The molecule has 0 N–H and O–H groups in total. The van der Waals surface area contributed by atoms with Crippen molar-refractivity contribution in [3.05, 3.63) is 70.2 Å². The number of nitrogens with zero attached hydrogens (tertiary/aromatic N) is 1. The number of hydrogen-bond donors (Lipinski definition) is 0. The molecule has 1 heterocycles. The van der Waals surface area contributed by atoms with Crippen molar-refractivity contribution in [2.24, 2.45) is 0 Å². The maximum atomic E-state index is 12.3. The molecule has 0 radical (unpaired) electrons. The fourth-order valence-corrected chi connectivity index (χ4v) is 2.91. The van der Waals surface area contributed by atoms with Crippen LogP contribution in [0.15, 0.2) is 48.5 Å². The van der Waals surface area contributed by atoms with Gasteiger partial charge in [-0.25, -0.2) is 0 Å². The molecule has 2 nitrogen and oxygen atoms in total. The first-order valence-electron chi connectivity index (χ1n) is 6.81. The van der Waals surface area contributed by atoms with Crippen molar-refractivity contribution >= 4 is 17.4 Å². The summed E-state index contributed by atoms with van der Waals surface area (Å²) in [6, 6.07) is 15.7. The van der Waals surface area contributed by atoms with Gasteiger partial charge in [0.1, 0.15) is 0 Å². The number of benzene rings is 2. The number of carbonyl (C=O) groups is 1. The van der Waals surface area contributed by atoms with Crippen molar-refractivity contribution in [3.63, 3.8) is 0 Å². The average molecular weight is 286 g/mol. The lowest BCUT2D eigenvalue weighted by molar-refractivity contribution is 0.0921. The standard InChI is InChI=1S/C17H16ClNO/c18-16-8-4-3-7-15(16)17(20)12-19-10-9-13-5-1-2-6-14(13)11-19/h1-8H,9-12H2. The Labute approximate surface area is 124 Å². The lowest BCUT2D eigenvalue weighted by Crippen LogP contribution is -2.34. The largest absolute Gasteiger partial charge is 0.293 e. The zero-order chi connectivity index (χ0) is 13.9. The zero-order valence-electron chi connectivity index (χ0n) is 11.2. The average Bonchev–Trinajstić information content (AvgIpc) is 2.47. The maximum absolute atomic E-state index is 12.3. The van der Waals surface area contributed by atoms with Crippen molar-refractivity contribution in [2.45, 2.75) is 13.0 Å². The molecule has 0 saturated heterocycles. The van der Waals surface area contributed by atoms with E-state index in [2.05, 4.69) is 29.2 Å². The van der Waals surface area contributed by atoms with Gasteiger partial charge in [0, 0.05) is 18.7 Å². The molecule has 0 unspecified atom stereocenters. The molecule has 0 amide bonds. The second kappa shape index (κ2) is 5.78. The summed E-state index contributed by atoms with van der Waals surface area (Å²) in [7, 11) is 0. The van der Waals surface area contributed by atoms with E-state index >= 15 is 0 Å². The predicted octanol–water partition coefficient (Wildman–Crippen LogP) is 3.58. The van der Waals surface area contributed by atoms with E-state index in [0.29, 0.717) is 17.1 Å². The van der Waals surface area contributed by atoms with Gasteiger partial charge in [-0.2, -0.15) is 0 Å². The van der Waals surface area contributed by atoms with Crippen LogP contribution in [0.4, 0.5) is 0 Å². The van der Waals surface area contributed by atoms with Crippen LogP contribution in [0.1, 0.15) is 21.5 Å². The van der Waals surface area contributed by atoms with E-state index in [1.165, 1.54) is 11.1 Å². The molecule has 1 aliphatic rings. The lowest BCUT2D eigenvalue weighted by atomic mass is 9.99. The fourth-order valence-electron chi connectivity index (χ4n) is 2.66. The molecule has 3 rings (SSSR count). The van der Waals surface area contributed by atoms with Crippen LogP contribution in [0, 0.1) is 0 Å². The first-order chi connectivity index (χ1) is 9.74. The minimum atomic E-state index is 0.0926. The summed E-state index contributed by atoms with van der Waals surface area (Å²) in [4.78, 5) is 14.5. The number of halogens is 1. The summed E-state index contributed by atoms with van der Waals surface area (Å²) in [6.45, 7) is 2.19. The van der Waals surface area contributed by atoms with Crippen LogP contribution in [-0.2, 0) is 13.0 Å². The highest BCUT2D eigenvalue weighted by Gasteiger charge is 2.19. The highest BCUT2D eigenvalue weighted by molar-refractivity contribution is 6.34. The first kappa shape index (κ1) is 13.3. The molecule has 20 heavy (non-hydrogen) atoms. The topological polar surface area (TPSA) is 20.3 Å². The Morgan fingerprint density at radius 3 is 2.55 bits per heavy atom. The summed E-state index contributed by atoms with van der Waals surface area (Å²) in [6.07, 6.45) is 1.01. The van der Waals surface area contributed by atoms with E-state index in [1.807, 2.05) is 12.1 Å². The Balaban J connectivity index is 1.71. The van der Waals surface area contributed by atoms with Crippen molar-refractivity contribution in [3.8, 4) is 0 Å². The van der Waals surface area contributed by atoms with Crippen LogP contribution < -0.4 is 0 Å². The Hall–Kier alpha value is -1.64. The minimum Gasteiger partial charge on any atom is -0.293 e. The monoisotopic (exact) mass is 285 g/mol. The molecule has 0 saturated carbocycles. The van der Waals surface area contributed by atoms with Crippen molar-refractivity contribution < 1.29 is 4.79 Å². The quantitative estimate of drug-likeness (QED) is 0.804. The van der Waals surface area contributed by atoms with Crippen molar-refractivity contribution in [2.75, 3.05) is 13.1 Å². The van der Waals surface area contributed by atoms with Gasteiger partial charge in [-0.1, -0.05) is 48.0 Å². The highest BCUT2D eigenvalue weighted by Crippen LogP contribution is 2.20. The molecular weight excluding hydrogens is 270 g/mol. The van der Waals surface area contributed by atoms with Gasteiger partial charge in [0.25, 0.3) is 0 Å². The van der Waals surface area contributed by atoms with E-state index in [0.717, 1.165) is 19.5 Å². The van der Waals surface area contributed by atoms with E-state index in [4.69, 9.17) is 11.6 Å². The van der Waals surface area contributed by atoms with Gasteiger partial charge in [0.15, 0.2) is 5.78 Å². The number of ketones is 1. The Morgan fingerprint density at radius 2 is 1.75 bits per heavy atom. The SMILES string of the molecule is O=C(CN1CCc2ccccc2C1)c1ccccc1Cl. The molecule has 0 bridgehead atoms. The molecule has 0 aliphatic carbocycles. The molecule has 0 atom stereocenters. The van der Waals surface area contributed by atoms with E-state index in [-0.39, 0.29) is 5.78 Å². The third-order valence-electron chi connectivity index (χ3n) is 3.75. The van der Waals surface area contributed by atoms with E-state index in [9.17, 15) is 4.79 Å². The molecule has 0 spiro atoms. The number of Topliss-reactive ketones (excluding diaryl/α,β-unsaturated/α-hetero) is 1. The van der Waals surface area contributed by atoms with Gasteiger partial charge in [0.2, 0.25) is 0 Å². The zero-order valence-corrected chi connectivity index (χ0v) is 11.9. The van der Waals surface area contributed by atoms with Crippen LogP contribution in [-0.4, -0.2) is 23.8 Å². The third-order valence-corrected chi connectivity index (χ3v) is 4.08. The lowest BCUT2D eigenvalue weighted by Gasteiger charge is -2.28. The minimum absolute atomic E-state index is 0.0926. The number of carbonyl (C=O) groups excluding carboxylic acids is 1. The van der Waals surface area contributed by atoms with Gasteiger partial charge in [-0.05, 0) is 29.7 Å². The molecule has 0 fully saturated rings. The van der Waals surface area contributed by atoms with Crippen molar-refractivity contribution in [1.29, 1.82) is 0 Å². The second-order valence-electron chi connectivity index (χ2n) is 5.13.